The minimum absolute atomic E-state index is 0.0885. The summed E-state index contributed by atoms with van der Waals surface area (Å²) in [4.78, 5) is 2.44. The summed E-state index contributed by atoms with van der Waals surface area (Å²) in [7, 11) is 0. The molecule has 1 fully saturated rings. The number of benzene rings is 1. The van der Waals surface area contributed by atoms with Crippen LogP contribution < -0.4 is 10.6 Å². The molecule has 1 aliphatic rings. The molecule has 0 bridgehead atoms. The third kappa shape index (κ3) is 4.21. The van der Waals surface area contributed by atoms with Crippen molar-refractivity contribution in [2.24, 2.45) is 5.73 Å². The molecule has 0 aromatic heterocycles. The molecular weight excluding hydrogens is 260 g/mol. The Bertz CT molecular complexity index is 484. The molecule has 0 amide bonds. The van der Waals surface area contributed by atoms with Crippen LogP contribution in [0.25, 0.3) is 0 Å². The Morgan fingerprint density at radius 3 is 2.71 bits per heavy atom. The van der Waals surface area contributed by atoms with Crippen LogP contribution in [0.1, 0.15) is 45.2 Å². The van der Waals surface area contributed by atoms with Gasteiger partial charge in [0.15, 0.2) is 0 Å². The SMILES string of the molecule is CCC(N)Cc1ccc(N2CC(C)OC(C)(C)C2)cc1C. The molecular formula is C18H30N2O. The number of morpholine rings is 1. The predicted octanol–water partition coefficient (Wildman–Crippen LogP) is 3.28. The molecule has 1 aromatic carbocycles. The normalized spacial score (nSPS) is 23.1. The van der Waals surface area contributed by atoms with Crippen molar-refractivity contribution >= 4 is 5.69 Å². The second-order valence-electron chi connectivity index (χ2n) is 7.05. The zero-order chi connectivity index (χ0) is 15.6. The van der Waals surface area contributed by atoms with E-state index in [1.807, 2.05) is 0 Å². The number of hydrogen-bond acceptors (Lipinski definition) is 3. The molecule has 3 nitrogen and oxygen atoms in total. The van der Waals surface area contributed by atoms with Crippen molar-refractivity contribution in [3.63, 3.8) is 0 Å². The van der Waals surface area contributed by atoms with Crippen molar-refractivity contribution < 1.29 is 4.74 Å². The number of hydrogen-bond donors (Lipinski definition) is 1. The summed E-state index contributed by atoms with van der Waals surface area (Å²) in [6.07, 6.45) is 2.26. The van der Waals surface area contributed by atoms with Crippen molar-refractivity contribution in [2.75, 3.05) is 18.0 Å². The van der Waals surface area contributed by atoms with Crippen LogP contribution in [-0.2, 0) is 11.2 Å². The lowest BCUT2D eigenvalue weighted by atomic mass is 9.98. The van der Waals surface area contributed by atoms with Gasteiger partial charge in [-0.1, -0.05) is 13.0 Å². The largest absolute Gasteiger partial charge is 0.369 e. The van der Waals surface area contributed by atoms with E-state index >= 15 is 0 Å². The summed E-state index contributed by atoms with van der Waals surface area (Å²) < 4.78 is 5.99. The van der Waals surface area contributed by atoms with E-state index in [0.29, 0.717) is 0 Å². The summed E-state index contributed by atoms with van der Waals surface area (Å²) in [5.41, 5.74) is 10.00. The van der Waals surface area contributed by atoms with E-state index in [-0.39, 0.29) is 17.7 Å². The van der Waals surface area contributed by atoms with Crippen LogP contribution in [0, 0.1) is 6.92 Å². The second kappa shape index (κ2) is 6.37. The Morgan fingerprint density at radius 2 is 2.14 bits per heavy atom. The molecule has 0 radical (unpaired) electrons. The van der Waals surface area contributed by atoms with Crippen LogP contribution in [-0.4, -0.2) is 30.8 Å². The van der Waals surface area contributed by atoms with Crippen LogP contribution in [0.5, 0.6) is 0 Å². The van der Waals surface area contributed by atoms with Gasteiger partial charge in [-0.05, 0) is 63.8 Å². The molecule has 2 unspecified atom stereocenters. The molecule has 3 heteroatoms. The van der Waals surface area contributed by atoms with Gasteiger partial charge in [0.2, 0.25) is 0 Å². The topological polar surface area (TPSA) is 38.5 Å². The molecule has 1 aliphatic heterocycles. The first-order chi connectivity index (χ1) is 9.80. The van der Waals surface area contributed by atoms with Crippen LogP contribution in [0.4, 0.5) is 5.69 Å². The van der Waals surface area contributed by atoms with Gasteiger partial charge in [-0.3, -0.25) is 0 Å². The Morgan fingerprint density at radius 1 is 1.43 bits per heavy atom. The van der Waals surface area contributed by atoms with Gasteiger partial charge in [-0.25, -0.2) is 0 Å². The van der Waals surface area contributed by atoms with Gasteiger partial charge < -0.3 is 15.4 Å². The number of nitrogens with zero attached hydrogens (tertiary/aromatic N) is 1. The monoisotopic (exact) mass is 290 g/mol. The Balaban J connectivity index is 2.16. The summed E-state index contributed by atoms with van der Waals surface area (Å²) in [5.74, 6) is 0. The maximum Gasteiger partial charge on any atom is 0.0805 e. The molecule has 2 N–H and O–H groups in total. The fourth-order valence-electron chi connectivity index (χ4n) is 3.18. The standard InChI is InChI=1S/C18H30N2O/c1-6-16(19)10-15-7-8-17(9-13(15)2)20-11-14(3)21-18(4,5)12-20/h7-9,14,16H,6,10-12,19H2,1-5H3. The van der Waals surface area contributed by atoms with E-state index < -0.39 is 0 Å². The van der Waals surface area contributed by atoms with Crippen molar-refractivity contribution in [1.82, 2.24) is 0 Å². The first-order valence-corrected chi connectivity index (χ1v) is 8.08. The average Bonchev–Trinajstić information content (AvgIpc) is 2.38. The lowest BCUT2D eigenvalue weighted by molar-refractivity contribution is -0.0749. The van der Waals surface area contributed by atoms with Crippen molar-refractivity contribution in [2.45, 2.75) is 65.2 Å². The third-order valence-corrected chi connectivity index (χ3v) is 4.27. The van der Waals surface area contributed by atoms with Gasteiger partial charge in [0.1, 0.15) is 0 Å². The number of rotatable bonds is 4. The maximum atomic E-state index is 6.08. The van der Waals surface area contributed by atoms with E-state index in [1.165, 1.54) is 16.8 Å². The summed E-state index contributed by atoms with van der Waals surface area (Å²) in [5, 5.41) is 0. The summed E-state index contributed by atoms with van der Waals surface area (Å²) >= 11 is 0. The minimum atomic E-state index is -0.0885. The van der Waals surface area contributed by atoms with E-state index in [0.717, 1.165) is 25.9 Å². The predicted molar refractivity (Wildman–Crippen MR) is 90.0 cm³/mol. The van der Waals surface area contributed by atoms with Crippen LogP contribution in [0.15, 0.2) is 18.2 Å². The molecule has 2 rings (SSSR count). The lowest BCUT2D eigenvalue weighted by Gasteiger charge is -2.43. The van der Waals surface area contributed by atoms with E-state index in [4.69, 9.17) is 10.5 Å². The maximum absolute atomic E-state index is 6.08. The van der Waals surface area contributed by atoms with Crippen LogP contribution in [0.3, 0.4) is 0 Å². The fourth-order valence-corrected chi connectivity index (χ4v) is 3.18. The smallest absolute Gasteiger partial charge is 0.0805 e. The van der Waals surface area contributed by atoms with E-state index in [9.17, 15) is 0 Å². The highest BCUT2D eigenvalue weighted by Crippen LogP contribution is 2.27. The molecule has 21 heavy (non-hydrogen) atoms. The molecule has 1 aromatic rings. The molecule has 1 heterocycles. The third-order valence-electron chi connectivity index (χ3n) is 4.27. The Hall–Kier alpha value is -1.06. The summed E-state index contributed by atoms with van der Waals surface area (Å²) in [6, 6.07) is 7.04. The zero-order valence-corrected chi connectivity index (χ0v) is 14.1. The highest BCUT2D eigenvalue weighted by atomic mass is 16.5. The van der Waals surface area contributed by atoms with E-state index in [1.54, 1.807) is 0 Å². The van der Waals surface area contributed by atoms with Crippen LogP contribution in [0.2, 0.25) is 0 Å². The van der Waals surface area contributed by atoms with Gasteiger partial charge in [0.05, 0.1) is 11.7 Å². The highest BCUT2D eigenvalue weighted by molar-refractivity contribution is 5.51. The molecule has 0 spiro atoms. The number of anilines is 1. The van der Waals surface area contributed by atoms with Gasteiger partial charge in [0, 0.05) is 24.8 Å². The minimum Gasteiger partial charge on any atom is -0.369 e. The molecule has 2 atom stereocenters. The van der Waals surface area contributed by atoms with Gasteiger partial charge in [-0.2, -0.15) is 0 Å². The Labute approximate surface area is 129 Å². The van der Waals surface area contributed by atoms with Gasteiger partial charge >= 0.3 is 0 Å². The van der Waals surface area contributed by atoms with Gasteiger partial charge in [0.25, 0.3) is 0 Å². The van der Waals surface area contributed by atoms with Crippen molar-refractivity contribution in [3.8, 4) is 0 Å². The number of nitrogens with two attached hydrogens (primary N) is 1. The molecule has 1 saturated heterocycles. The average molecular weight is 290 g/mol. The molecule has 0 aliphatic carbocycles. The van der Waals surface area contributed by atoms with Gasteiger partial charge in [-0.15, -0.1) is 0 Å². The number of aryl methyl sites for hydroxylation is 1. The summed E-state index contributed by atoms with van der Waals surface area (Å²) in [6.45, 7) is 12.7. The van der Waals surface area contributed by atoms with Crippen LogP contribution >= 0.6 is 0 Å². The van der Waals surface area contributed by atoms with Crippen molar-refractivity contribution in [1.29, 1.82) is 0 Å². The zero-order valence-electron chi connectivity index (χ0n) is 14.1. The van der Waals surface area contributed by atoms with E-state index in [2.05, 4.69) is 57.7 Å². The Kier molecular flexibility index (Phi) is 4.95. The first kappa shape index (κ1) is 16.3. The quantitative estimate of drug-likeness (QED) is 0.925. The first-order valence-electron chi connectivity index (χ1n) is 8.08. The molecule has 118 valence electrons. The molecule has 0 saturated carbocycles. The lowest BCUT2D eigenvalue weighted by Crippen LogP contribution is -2.52. The van der Waals surface area contributed by atoms with Crippen molar-refractivity contribution in [3.05, 3.63) is 29.3 Å². The fraction of sp³-hybridized carbons (Fsp3) is 0.667. The number of ether oxygens (including phenoxy) is 1. The second-order valence-corrected chi connectivity index (χ2v) is 7.05. The highest BCUT2D eigenvalue weighted by Gasteiger charge is 2.31.